The topological polar surface area (TPSA) is 3.24 Å². The minimum atomic E-state index is -0.658. The van der Waals surface area contributed by atoms with E-state index >= 15 is 0 Å². The normalized spacial score (nSPS) is 13.4. The second-order valence-corrected chi connectivity index (χ2v) is 18.3. The smallest absolute Gasteiger partial charge is 0.0714 e. The Morgan fingerprint density at radius 1 is 0.203 bits per heavy atom. The Balaban J connectivity index is 1.06. The molecular weight excluding hydrogens is 831 g/mol. The van der Waals surface area contributed by atoms with E-state index in [1.54, 1.807) is 0 Å². The molecule has 0 atom stereocenters. The van der Waals surface area contributed by atoms with Gasteiger partial charge in [-0.3, -0.25) is 0 Å². The molecule has 1 nitrogen and oxygen atoms in total. The molecule has 0 heterocycles. The van der Waals surface area contributed by atoms with E-state index < -0.39 is 10.8 Å². The van der Waals surface area contributed by atoms with Crippen molar-refractivity contribution in [2.45, 2.75) is 10.8 Å². The summed E-state index contributed by atoms with van der Waals surface area (Å²) in [5.74, 6) is 0. The summed E-state index contributed by atoms with van der Waals surface area (Å²) in [6.07, 6.45) is 0. The summed E-state index contributed by atoms with van der Waals surface area (Å²) in [4.78, 5) is 2.43. The van der Waals surface area contributed by atoms with Crippen LogP contribution in [0.5, 0.6) is 0 Å². The van der Waals surface area contributed by atoms with Crippen molar-refractivity contribution in [3.05, 3.63) is 330 Å². The van der Waals surface area contributed by atoms with Crippen LogP contribution in [0.3, 0.4) is 0 Å². The van der Waals surface area contributed by atoms with Gasteiger partial charge in [-0.15, -0.1) is 0 Å². The number of benzene rings is 11. The van der Waals surface area contributed by atoms with Crippen molar-refractivity contribution < 1.29 is 0 Å². The molecule has 0 N–H and O–H groups in total. The van der Waals surface area contributed by atoms with Crippen LogP contribution in [-0.4, -0.2) is 0 Å². The SMILES string of the molecule is c1ccc(-c2ccc(N(c3ccc(-c4ccccc4)cc3)c3ccc4c(c3)C(c3ccccc3)(c3ccccc3)c3cc(C5(c6ccccc6)c6ccccc6-c6ccccc65)ccc3-4)cc2)cc1. The molecule has 0 spiro atoms. The van der Waals surface area contributed by atoms with Crippen LogP contribution in [0.25, 0.3) is 44.5 Å². The lowest BCUT2D eigenvalue weighted by Gasteiger charge is -2.37. The predicted molar refractivity (Wildman–Crippen MR) is 287 cm³/mol. The summed E-state index contributed by atoms with van der Waals surface area (Å²) >= 11 is 0. The van der Waals surface area contributed by atoms with Gasteiger partial charge in [-0.2, -0.15) is 0 Å². The van der Waals surface area contributed by atoms with Gasteiger partial charge in [0.25, 0.3) is 0 Å². The van der Waals surface area contributed by atoms with E-state index in [1.807, 2.05) is 0 Å². The molecule has 0 amide bonds. The average Bonchev–Trinajstić information content (AvgIpc) is 3.90. The molecule has 2 aliphatic carbocycles. The van der Waals surface area contributed by atoms with E-state index in [4.69, 9.17) is 0 Å². The van der Waals surface area contributed by atoms with Crippen molar-refractivity contribution in [1.82, 2.24) is 0 Å². The number of hydrogen-bond acceptors (Lipinski definition) is 1. The van der Waals surface area contributed by atoms with Gasteiger partial charge in [-0.25, -0.2) is 0 Å². The molecule has 2 aliphatic rings. The maximum atomic E-state index is 2.57. The van der Waals surface area contributed by atoms with Gasteiger partial charge in [0.2, 0.25) is 0 Å². The van der Waals surface area contributed by atoms with Crippen LogP contribution in [0.15, 0.2) is 285 Å². The molecule has 1 heteroatoms. The van der Waals surface area contributed by atoms with Crippen molar-refractivity contribution in [2.75, 3.05) is 4.90 Å². The third-order valence-corrected chi connectivity index (χ3v) is 14.9. The highest BCUT2D eigenvalue weighted by Crippen LogP contribution is 2.61. The van der Waals surface area contributed by atoms with Gasteiger partial charge in [0.15, 0.2) is 0 Å². The first kappa shape index (κ1) is 40.5. The van der Waals surface area contributed by atoms with E-state index in [0.29, 0.717) is 0 Å². The molecule has 324 valence electrons. The zero-order valence-corrected chi connectivity index (χ0v) is 38.1. The molecule has 11 aromatic rings. The molecule has 0 saturated carbocycles. The lowest BCUT2D eigenvalue weighted by molar-refractivity contribution is 0.742. The molecule has 0 radical (unpaired) electrons. The fourth-order valence-electron chi connectivity index (χ4n) is 11.9. The van der Waals surface area contributed by atoms with Crippen LogP contribution in [0.1, 0.15) is 44.5 Å². The minimum absolute atomic E-state index is 0.544. The number of hydrogen-bond donors (Lipinski definition) is 0. The van der Waals surface area contributed by atoms with Gasteiger partial charge in [0.1, 0.15) is 0 Å². The lowest BCUT2D eigenvalue weighted by Crippen LogP contribution is -2.31. The largest absolute Gasteiger partial charge is 0.310 e. The van der Waals surface area contributed by atoms with Gasteiger partial charge >= 0.3 is 0 Å². The lowest BCUT2D eigenvalue weighted by atomic mass is 9.64. The summed E-state index contributed by atoms with van der Waals surface area (Å²) < 4.78 is 0. The number of nitrogens with zero attached hydrogens (tertiary/aromatic N) is 1. The van der Waals surface area contributed by atoms with Crippen molar-refractivity contribution in [1.29, 1.82) is 0 Å². The van der Waals surface area contributed by atoms with Gasteiger partial charge < -0.3 is 4.90 Å². The highest BCUT2D eigenvalue weighted by atomic mass is 15.1. The van der Waals surface area contributed by atoms with Gasteiger partial charge in [0, 0.05) is 17.1 Å². The van der Waals surface area contributed by atoms with Crippen LogP contribution in [0, 0.1) is 0 Å². The Bertz CT molecular complexity index is 3450. The zero-order chi connectivity index (χ0) is 45.8. The summed E-state index contributed by atoms with van der Waals surface area (Å²) in [5.41, 5.74) is 22.1. The fraction of sp³-hybridized carbons (Fsp3) is 0.0294. The second-order valence-electron chi connectivity index (χ2n) is 18.3. The highest BCUT2D eigenvalue weighted by molar-refractivity contribution is 5.92. The first-order valence-corrected chi connectivity index (χ1v) is 24.0. The summed E-state index contributed by atoms with van der Waals surface area (Å²) in [6, 6.07) is 106. The Labute approximate surface area is 404 Å². The third kappa shape index (κ3) is 6.32. The minimum Gasteiger partial charge on any atom is -0.310 e. The van der Waals surface area contributed by atoms with Crippen LogP contribution < -0.4 is 4.90 Å². The first-order chi connectivity index (χ1) is 34.2. The molecule has 0 saturated heterocycles. The van der Waals surface area contributed by atoms with Gasteiger partial charge in [-0.1, -0.05) is 249 Å². The van der Waals surface area contributed by atoms with E-state index in [-0.39, 0.29) is 0 Å². The van der Waals surface area contributed by atoms with Crippen LogP contribution >= 0.6 is 0 Å². The Morgan fingerprint density at radius 3 is 0.971 bits per heavy atom. The Morgan fingerprint density at radius 2 is 0.522 bits per heavy atom. The number of fused-ring (bicyclic) bond motifs is 6. The fourth-order valence-corrected chi connectivity index (χ4v) is 11.9. The maximum absolute atomic E-state index is 2.57. The number of rotatable bonds is 9. The summed E-state index contributed by atoms with van der Waals surface area (Å²) in [7, 11) is 0. The Kier molecular flexibility index (Phi) is 9.70. The molecule has 0 fully saturated rings. The van der Waals surface area contributed by atoms with E-state index in [9.17, 15) is 0 Å². The van der Waals surface area contributed by atoms with E-state index in [1.165, 1.54) is 89.0 Å². The number of anilines is 3. The zero-order valence-electron chi connectivity index (χ0n) is 38.1. The van der Waals surface area contributed by atoms with Crippen LogP contribution in [-0.2, 0) is 10.8 Å². The molecule has 11 aromatic carbocycles. The highest BCUT2D eigenvalue weighted by Gasteiger charge is 2.50. The third-order valence-electron chi connectivity index (χ3n) is 14.9. The van der Waals surface area contributed by atoms with Crippen LogP contribution in [0.2, 0.25) is 0 Å². The summed E-state index contributed by atoms with van der Waals surface area (Å²) in [6.45, 7) is 0. The van der Waals surface area contributed by atoms with Crippen molar-refractivity contribution >= 4 is 17.1 Å². The van der Waals surface area contributed by atoms with Crippen molar-refractivity contribution in [3.63, 3.8) is 0 Å². The monoisotopic (exact) mass is 877 g/mol. The molecule has 0 aromatic heterocycles. The van der Waals surface area contributed by atoms with Gasteiger partial charge in [0.05, 0.1) is 10.8 Å². The van der Waals surface area contributed by atoms with E-state index in [2.05, 4.69) is 290 Å². The standard InChI is InChI=1S/C68H47N/c1-6-20-48(21-7-1)50-34-39-56(40-35-50)69(57-41-36-51(37-42-57)49-22-8-2-9-23-49)58-43-45-62-61-44-38-55(46-65(61)67(66(62)47-58,52-24-10-3-11-25-52)53-26-12-4-13-27-53)68(54-28-14-5-15-29-54)63-32-18-16-30-59(63)60-31-17-19-33-64(60)68/h1-47H. The van der Waals surface area contributed by atoms with Crippen molar-refractivity contribution in [3.8, 4) is 44.5 Å². The quantitative estimate of drug-likeness (QED) is 0.140. The Hall–Kier alpha value is -8.78. The molecule has 0 bridgehead atoms. The average molecular weight is 878 g/mol. The van der Waals surface area contributed by atoms with Crippen molar-refractivity contribution in [2.24, 2.45) is 0 Å². The first-order valence-electron chi connectivity index (χ1n) is 24.0. The van der Waals surface area contributed by atoms with Gasteiger partial charge in [-0.05, 0) is 125 Å². The second kappa shape index (κ2) is 16.5. The maximum Gasteiger partial charge on any atom is 0.0714 e. The molecule has 13 rings (SSSR count). The molecule has 0 aliphatic heterocycles. The molecule has 69 heavy (non-hydrogen) atoms. The summed E-state index contributed by atoms with van der Waals surface area (Å²) in [5, 5.41) is 0. The van der Waals surface area contributed by atoms with E-state index in [0.717, 1.165) is 17.1 Å². The molecule has 0 unspecified atom stereocenters. The predicted octanol–water partition coefficient (Wildman–Crippen LogP) is 17.2. The van der Waals surface area contributed by atoms with Crippen LogP contribution in [0.4, 0.5) is 17.1 Å². The molecular formula is C68H47N.